The number of carbonyl (C=O) groups excluding carboxylic acids is 1. The minimum absolute atomic E-state index is 0.0854. The molecule has 0 aliphatic carbocycles. The molecule has 0 bridgehead atoms. The van der Waals surface area contributed by atoms with Crippen molar-refractivity contribution in [2.24, 2.45) is 0 Å². The van der Waals surface area contributed by atoms with Gasteiger partial charge in [-0.1, -0.05) is 34.1 Å². The highest BCUT2D eigenvalue weighted by molar-refractivity contribution is 9.10. The molecule has 2 aromatic carbocycles. The third-order valence-electron chi connectivity index (χ3n) is 3.02. The molecule has 0 spiro atoms. The molecule has 2 nitrogen and oxygen atoms in total. The minimum Gasteiger partial charge on any atom is -0.456 e. The van der Waals surface area contributed by atoms with Crippen LogP contribution in [0.1, 0.15) is 17.3 Å². The Balaban J connectivity index is 2.28. The number of halogens is 1. The number of para-hydroxylation sites is 1. The maximum Gasteiger partial charge on any atom is 0.176 e. The molecule has 1 aromatic heterocycles. The van der Waals surface area contributed by atoms with Crippen LogP contribution in [0.5, 0.6) is 0 Å². The Kier molecular flexibility index (Phi) is 2.71. The predicted molar refractivity (Wildman–Crippen MR) is 76.4 cm³/mol. The normalized spacial score (nSPS) is 13.0. The first-order valence-electron chi connectivity index (χ1n) is 5.76. The lowest BCUT2D eigenvalue weighted by atomic mass is 10.1. The molecule has 0 radical (unpaired) electrons. The summed E-state index contributed by atoms with van der Waals surface area (Å²) in [5.74, 6) is 0.0854. The van der Waals surface area contributed by atoms with E-state index in [-0.39, 0.29) is 10.6 Å². The smallest absolute Gasteiger partial charge is 0.176 e. The summed E-state index contributed by atoms with van der Waals surface area (Å²) in [6, 6.07) is 13.4. The molecule has 18 heavy (non-hydrogen) atoms. The molecular formula is C15H11BrO2. The van der Waals surface area contributed by atoms with Crippen molar-refractivity contribution in [1.82, 2.24) is 0 Å². The fraction of sp³-hybridized carbons (Fsp3) is 0.133. The van der Waals surface area contributed by atoms with E-state index in [0.29, 0.717) is 5.56 Å². The number of fused-ring (bicyclic) bond motifs is 3. The van der Waals surface area contributed by atoms with Crippen LogP contribution < -0.4 is 0 Å². The number of ketones is 1. The monoisotopic (exact) mass is 302 g/mol. The van der Waals surface area contributed by atoms with Crippen molar-refractivity contribution in [3.8, 4) is 0 Å². The number of furan rings is 1. The molecule has 3 rings (SSSR count). The molecule has 0 aliphatic rings. The van der Waals surface area contributed by atoms with Gasteiger partial charge in [0, 0.05) is 16.3 Å². The maximum atomic E-state index is 12.0. The molecule has 0 amide bonds. The summed E-state index contributed by atoms with van der Waals surface area (Å²) in [6.07, 6.45) is 0. The van der Waals surface area contributed by atoms with E-state index < -0.39 is 0 Å². The summed E-state index contributed by atoms with van der Waals surface area (Å²) in [7, 11) is 0. The van der Waals surface area contributed by atoms with E-state index in [1.54, 1.807) is 0 Å². The lowest BCUT2D eigenvalue weighted by Gasteiger charge is -2.02. The Bertz CT molecular complexity index is 740. The Morgan fingerprint density at radius 1 is 1.11 bits per heavy atom. The van der Waals surface area contributed by atoms with Crippen molar-refractivity contribution in [1.29, 1.82) is 0 Å². The van der Waals surface area contributed by atoms with Gasteiger partial charge in [0.1, 0.15) is 11.2 Å². The van der Waals surface area contributed by atoms with E-state index in [9.17, 15) is 4.79 Å². The van der Waals surface area contributed by atoms with Crippen LogP contribution in [0.2, 0.25) is 0 Å². The van der Waals surface area contributed by atoms with E-state index in [0.717, 1.165) is 21.9 Å². The van der Waals surface area contributed by atoms with Gasteiger partial charge in [-0.15, -0.1) is 0 Å². The molecule has 0 fully saturated rings. The predicted octanol–water partition coefficient (Wildman–Crippen LogP) is 4.55. The largest absolute Gasteiger partial charge is 0.456 e. The SMILES string of the molecule is CC(Br)C(=O)c1ccc2oc3ccccc3c2c1. The summed E-state index contributed by atoms with van der Waals surface area (Å²) in [5, 5.41) is 2.04. The van der Waals surface area contributed by atoms with Crippen LogP contribution in [0.3, 0.4) is 0 Å². The third-order valence-corrected chi connectivity index (χ3v) is 3.44. The molecule has 3 aromatic rings. The zero-order valence-electron chi connectivity index (χ0n) is 9.81. The summed E-state index contributed by atoms with van der Waals surface area (Å²) in [4.78, 5) is 11.8. The average Bonchev–Trinajstić information content (AvgIpc) is 2.75. The van der Waals surface area contributed by atoms with Gasteiger partial charge >= 0.3 is 0 Å². The third kappa shape index (κ3) is 1.75. The van der Waals surface area contributed by atoms with E-state index >= 15 is 0 Å². The first-order chi connectivity index (χ1) is 8.66. The second-order valence-corrected chi connectivity index (χ2v) is 5.66. The van der Waals surface area contributed by atoms with Crippen molar-refractivity contribution >= 4 is 43.7 Å². The zero-order chi connectivity index (χ0) is 12.7. The second-order valence-electron chi connectivity index (χ2n) is 4.29. The van der Waals surface area contributed by atoms with Crippen molar-refractivity contribution in [2.45, 2.75) is 11.8 Å². The zero-order valence-corrected chi connectivity index (χ0v) is 11.4. The second kappa shape index (κ2) is 4.25. The molecule has 0 N–H and O–H groups in total. The van der Waals surface area contributed by atoms with Crippen LogP contribution in [-0.2, 0) is 0 Å². The topological polar surface area (TPSA) is 30.2 Å². The molecule has 1 unspecified atom stereocenters. The van der Waals surface area contributed by atoms with Gasteiger partial charge in [-0.25, -0.2) is 0 Å². The molecule has 90 valence electrons. The summed E-state index contributed by atoms with van der Waals surface area (Å²) in [5.41, 5.74) is 2.37. The number of rotatable bonds is 2. The highest BCUT2D eigenvalue weighted by atomic mass is 79.9. The summed E-state index contributed by atoms with van der Waals surface area (Å²) < 4.78 is 5.72. The summed E-state index contributed by atoms with van der Waals surface area (Å²) in [6.45, 7) is 1.83. The van der Waals surface area contributed by atoms with Gasteiger partial charge in [-0.3, -0.25) is 4.79 Å². The first-order valence-corrected chi connectivity index (χ1v) is 6.68. The molecule has 1 heterocycles. The van der Waals surface area contributed by atoms with Crippen LogP contribution >= 0.6 is 15.9 Å². The van der Waals surface area contributed by atoms with Crippen LogP contribution in [0.4, 0.5) is 0 Å². The Hall–Kier alpha value is -1.61. The number of hydrogen-bond acceptors (Lipinski definition) is 2. The van der Waals surface area contributed by atoms with Crippen molar-refractivity contribution in [2.75, 3.05) is 0 Å². The van der Waals surface area contributed by atoms with Gasteiger partial charge < -0.3 is 4.42 Å². The molecular weight excluding hydrogens is 292 g/mol. The number of benzene rings is 2. The van der Waals surface area contributed by atoms with Gasteiger partial charge in [0.25, 0.3) is 0 Å². The van der Waals surface area contributed by atoms with Gasteiger partial charge in [-0.2, -0.15) is 0 Å². The standard InChI is InChI=1S/C15H11BrO2/c1-9(16)15(17)10-6-7-14-12(8-10)11-4-2-3-5-13(11)18-14/h2-9H,1H3. The maximum absolute atomic E-state index is 12.0. The number of alkyl halides is 1. The highest BCUT2D eigenvalue weighted by Gasteiger charge is 2.14. The van der Waals surface area contributed by atoms with Crippen molar-refractivity contribution in [3.63, 3.8) is 0 Å². The Labute approximate surface area is 113 Å². The van der Waals surface area contributed by atoms with Gasteiger partial charge in [0.2, 0.25) is 0 Å². The van der Waals surface area contributed by atoms with Crippen LogP contribution in [-0.4, -0.2) is 10.6 Å². The number of Topliss-reactive ketones (excluding diaryl/α,β-unsaturated/α-hetero) is 1. The van der Waals surface area contributed by atoms with Crippen molar-refractivity contribution in [3.05, 3.63) is 48.0 Å². The molecule has 0 saturated heterocycles. The lowest BCUT2D eigenvalue weighted by Crippen LogP contribution is -2.09. The van der Waals surface area contributed by atoms with Gasteiger partial charge in [-0.05, 0) is 31.2 Å². The molecule has 3 heteroatoms. The van der Waals surface area contributed by atoms with E-state index in [1.165, 1.54) is 0 Å². The molecule has 1 atom stereocenters. The lowest BCUT2D eigenvalue weighted by molar-refractivity contribution is 0.0996. The van der Waals surface area contributed by atoms with Gasteiger partial charge in [0.15, 0.2) is 5.78 Å². The fourth-order valence-electron chi connectivity index (χ4n) is 2.11. The molecule has 0 aliphatic heterocycles. The van der Waals surface area contributed by atoms with Gasteiger partial charge in [0.05, 0.1) is 4.83 Å². The molecule has 0 saturated carbocycles. The van der Waals surface area contributed by atoms with E-state index in [2.05, 4.69) is 15.9 Å². The van der Waals surface area contributed by atoms with Crippen LogP contribution in [0.25, 0.3) is 21.9 Å². The van der Waals surface area contributed by atoms with Crippen molar-refractivity contribution < 1.29 is 9.21 Å². The quantitative estimate of drug-likeness (QED) is 0.513. The minimum atomic E-state index is -0.173. The first kappa shape index (κ1) is 11.5. The Morgan fingerprint density at radius 3 is 2.61 bits per heavy atom. The highest BCUT2D eigenvalue weighted by Crippen LogP contribution is 2.29. The van der Waals surface area contributed by atoms with Crippen LogP contribution in [0.15, 0.2) is 46.9 Å². The number of carbonyl (C=O) groups is 1. The Morgan fingerprint density at radius 2 is 1.83 bits per heavy atom. The van der Waals surface area contributed by atoms with E-state index in [1.807, 2.05) is 49.4 Å². The van der Waals surface area contributed by atoms with Crippen LogP contribution in [0, 0.1) is 0 Å². The average molecular weight is 303 g/mol. The summed E-state index contributed by atoms with van der Waals surface area (Å²) >= 11 is 3.31. The van der Waals surface area contributed by atoms with E-state index in [4.69, 9.17) is 4.42 Å². The fourth-order valence-corrected chi connectivity index (χ4v) is 2.37. The number of hydrogen-bond donors (Lipinski definition) is 0.